The van der Waals surface area contributed by atoms with Gasteiger partial charge in [0.2, 0.25) is 0 Å². The van der Waals surface area contributed by atoms with E-state index in [1.165, 1.54) is 66.8 Å². The van der Waals surface area contributed by atoms with E-state index in [1.807, 2.05) is 0 Å². The molecule has 6 rings (SSSR count). The second-order valence-electron chi connectivity index (χ2n) is 16.8. The van der Waals surface area contributed by atoms with Gasteiger partial charge >= 0.3 is 243 Å². The first kappa shape index (κ1) is 28.2. The van der Waals surface area contributed by atoms with Crippen LogP contribution in [0.3, 0.4) is 0 Å². The first-order chi connectivity index (χ1) is 19.1. The molecule has 2 aliphatic rings. The third-order valence-electron chi connectivity index (χ3n) is 12.2. The zero-order valence-corrected chi connectivity index (χ0v) is 29.9. The Morgan fingerprint density at radius 2 is 0.902 bits per heavy atom. The summed E-state index contributed by atoms with van der Waals surface area (Å²) in [5.41, 5.74) is 16.5. The molecule has 0 aromatic heterocycles. The topological polar surface area (TPSA) is 0 Å². The molecule has 0 heterocycles. The van der Waals surface area contributed by atoms with Crippen LogP contribution < -0.4 is 0 Å². The first-order valence-corrected chi connectivity index (χ1v) is 35.5. The molecule has 0 saturated heterocycles. The van der Waals surface area contributed by atoms with Crippen molar-refractivity contribution >= 4 is 16.4 Å². The van der Waals surface area contributed by atoms with Crippen molar-refractivity contribution in [2.75, 3.05) is 0 Å². The van der Waals surface area contributed by atoms with Crippen LogP contribution in [0, 0.1) is 27.7 Å². The number of aryl methyl sites for hydroxylation is 4. The molecule has 1 heteroatoms. The summed E-state index contributed by atoms with van der Waals surface area (Å²) in [6, 6.07) is 27.3. The first-order valence-electron chi connectivity index (χ1n) is 15.5. The van der Waals surface area contributed by atoms with E-state index in [2.05, 4.69) is 146 Å². The third kappa shape index (κ3) is 3.84. The van der Waals surface area contributed by atoms with Crippen LogP contribution in [-0.4, -0.2) is 4.26 Å². The Balaban J connectivity index is 1.58. The Bertz CT molecular complexity index is 1780. The minimum atomic E-state index is -5.11. The third-order valence-corrected chi connectivity index (χ3v) is 50.5. The molecule has 2 unspecified atom stereocenters. The van der Waals surface area contributed by atoms with Crippen LogP contribution in [0.15, 0.2) is 84.9 Å². The fourth-order valence-corrected chi connectivity index (χ4v) is 33.8. The van der Waals surface area contributed by atoms with Crippen LogP contribution in [0.4, 0.5) is 0 Å². The number of benzene rings is 4. The van der Waals surface area contributed by atoms with E-state index in [-0.39, 0.29) is 0 Å². The van der Waals surface area contributed by atoms with Gasteiger partial charge in [-0.25, -0.2) is 0 Å². The van der Waals surface area contributed by atoms with Crippen molar-refractivity contribution in [2.45, 2.75) is 60.2 Å². The quantitative estimate of drug-likeness (QED) is 0.181. The molecule has 2 atom stereocenters. The molecular weight excluding hydrogens is 659 g/mol. The Morgan fingerprint density at radius 1 is 0.561 bits per heavy atom. The second kappa shape index (κ2) is 8.13. The summed E-state index contributed by atoms with van der Waals surface area (Å²) in [4.78, 5) is 0. The van der Waals surface area contributed by atoms with E-state index in [1.54, 1.807) is 0 Å². The summed E-state index contributed by atoms with van der Waals surface area (Å²) in [7, 11) is 0. The number of hydrogen-bond acceptors (Lipinski definition) is 0. The Morgan fingerprint density at radius 3 is 1.24 bits per heavy atom. The molecule has 0 radical (unpaired) electrons. The number of allylic oxidation sites excluding steroid dienone is 2. The predicted molar refractivity (Wildman–Crippen MR) is 181 cm³/mol. The van der Waals surface area contributed by atoms with Crippen LogP contribution in [0.5, 0.6) is 0 Å². The van der Waals surface area contributed by atoms with Crippen molar-refractivity contribution in [3.63, 3.8) is 0 Å². The van der Waals surface area contributed by atoms with Gasteiger partial charge in [0.15, 0.2) is 0 Å². The second-order valence-corrected chi connectivity index (χ2v) is 71.1. The number of fused-ring (bicyclic) bond motifs is 2. The van der Waals surface area contributed by atoms with Crippen LogP contribution in [0.2, 0.25) is 18.2 Å². The Kier molecular flexibility index (Phi) is 5.60. The number of rotatable bonds is 5. The van der Waals surface area contributed by atoms with Crippen molar-refractivity contribution in [1.82, 2.24) is 0 Å². The van der Waals surface area contributed by atoms with E-state index < -0.39 is 15.1 Å². The van der Waals surface area contributed by atoms with Crippen LogP contribution in [0.1, 0.15) is 58.8 Å². The molecule has 210 valence electrons. The van der Waals surface area contributed by atoms with Gasteiger partial charge in [0.05, 0.1) is 0 Å². The fourth-order valence-electron chi connectivity index (χ4n) is 8.73. The predicted octanol–water partition coefficient (Wildman–Crippen LogP) is 11.9. The average Bonchev–Trinajstić information content (AvgIpc) is 3.56. The summed E-state index contributed by atoms with van der Waals surface area (Å²) in [5.74, 6) is 0. The van der Waals surface area contributed by atoms with Crippen LogP contribution in [-0.2, 0) is 15.1 Å². The Hall–Kier alpha value is -2.90. The van der Waals surface area contributed by atoms with Crippen molar-refractivity contribution in [3.05, 3.63) is 129 Å². The molecule has 4 aromatic rings. The molecule has 0 amide bonds. The van der Waals surface area contributed by atoms with Gasteiger partial charge in [-0.1, -0.05) is 0 Å². The molecule has 0 nitrogen and oxygen atoms in total. The molecule has 2 aliphatic carbocycles. The van der Waals surface area contributed by atoms with Crippen LogP contribution in [0.25, 0.3) is 34.4 Å². The van der Waals surface area contributed by atoms with Crippen molar-refractivity contribution in [3.8, 4) is 22.3 Å². The minimum absolute atomic E-state index is 0.299. The van der Waals surface area contributed by atoms with Crippen molar-refractivity contribution in [1.29, 1.82) is 0 Å². The van der Waals surface area contributed by atoms with E-state index in [9.17, 15) is 0 Å². The van der Waals surface area contributed by atoms with E-state index in [4.69, 9.17) is 4.26 Å². The van der Waals surface area contributed by atoms with E-state index in [0.29, 0.717) is 7.35 Å². The molecule has 0 N–H and O–H groups in total. The normalized spacial score (nSPS) is 20.1. The zero-order valence-electron chi connectivity index (χ0n) is 26.3. The van der Waals surface area contributed by atoms with Gasteiger partial charge < -0.3 is 0 Å². The molecule has 0 spiro atoms. The van der Waals surface area contributed by atoms with Gasteiger partial charge in [-0.15, -0.1) is 0 Å². The summed E-state index contributed by atoms with van der Waals surface area (Å²) >= 11 is -5.11. The standard InChI is InChI=1S/2C17H15.C2H5.3CH3.CH2.Hf/c2*1-12-6-3-7-13(2)17(12)16-11-5-9-14-8-4-10-15(14)16;1-2;;;;;/h2*3-11H,1-2H3;1H2,2H3;3*1H3;1H2;. The molecule has 0 fully saturated rings. The van der Waals surface area contributed by atoms with E-state index >= 15 is 0 Å². The molecule has 0 aliphatic heterocycles. The number of hydrogen-bond donors (Lipinski definition) is 0. The average molecular weight is 705 g/mol. The fraction of sp³-hybridized carbons (Fsp3) is 0.275. The Labute approximate surface area is 242 Å². The van der Waals surface area contributed by atoms with Gasteiger partial charge in [0, 0.05) is 0 Å². The van der Waals surface area contributed by atoms with Gasteiger partial charge in [-0.05, 0) is 0 Å². The van der Waals surface area contributed by atoms with Crippen molar-refractivity contribution < 1.29 is 15.1 Å². The summed E-state index contributed by atoms with van der Waals surface area (Å²) in [5, 5.41) is 0. The van der Waals surface area contributed by atoms with Gasteiger partial charge in [-0.3, -0.25) is 0 Å². The van der Waals surface area contributed by atoms with Gasteiger partial charge in [0.1, 0.15) is 0 Å². The van der Waals surface area contributed by atoms with Gasteiger partial charge in [0.25, 0.3) is 0 Å². The molecule has 0 saturated carbocycles. The molecule has 41 heavy (non-hydrogen) atoms. The summed E-state index contributed by atoms with van der Waals surface area (Å²) < 4.78 is 15.3. The molecular formula is C40H46Hf. The van der Waals surface area contributed by atoms with Crippen molar-refractivity contribution in [2.24, 2.45) is 0 Å². The summed E-state index contributed by atoms with van der Waals surface area (Å²) in [6.07, 6.45) is 9.95. The molecule has 4 aromatic carbocycles. The maximum absolute atomic E-state index is 5.62. The van der Waals surface area contributed by atoms with Gasteiger partial charge in [-0.2, -0.15) is 0 Å². The molecule has 0 bridgehead atoms. The maximum atomic E-state index is 5.62. The zero-order chi connectivity index (χ0) is 29.5. The SMILES string of the molecule is [CH2]=[Hf]([CH3])([CH3])([CH3])([CH2]C)([CH]1C=Cc2c(-c3c(C)cccc3C)cccc21)[CH]1C=Cc2c(-c3c(C)cccc3C)cccc21. The van der Waals surface area contributed by atoms with E-state index in [0.717, 1.165) is 4.18 Å². The monoisotopic (exact) mass is 706 g/mol. The van der Waals surface area contributed by atoms with Crippen LogP contribution >= 0.6 is 0 Å². The summed E-state index contributed by atoms with van der Waals surface area (Å²) in [6.45, 7) is 11.4.